The van der Waals surface area contributed by atoms with Crippen molar-refractivity contribution in [3.05, 3.63) is 46.1 Å². The number of imidazole rings is 1. The Morgan fingerprint density at radius 1 is 1.38 bits per heavy atom. The molecule has 10 nitrogen and oxygen atoms in total. The average Bonchev–Trinajstić information content (AvgIpc) is 3.08. The van der Waals surface area contributed by atoms with E-state index in [0.717, 1.165) is 12.1 Å². The minimum Gasteiger partial charge on any atom is -0.443 e. The molecule has 3 rings (SSSR count). The summed E-state index contributed by atoms with van der Waals surface area (Å²) in [5.41, 5.74) is 0.573. The van der Waals surface area contributed by atoms with E-state index in [1.807, 2.05) is 0 Å². The molecule has 1 aromatic heterocycles. The number of rotatable bonds is 7. The highest BCUT2D eigenvalue weighted by atomic mass is 19.4. The van der Waals surface area contributed by atoms with Crippen molar-refractivity contribution in [2.75, 3.05) is 13.2 Å². The monoisotopic (exact) mass is 416 g/mol. The number of aromatic nitrogens is 2. The van der Waals surface area contributed by atoms with Gasteiger partial charge in [-0.15, -0.1) is 13.2 Å². The Hall–Kier alpha value is -3.35. The second-order valence-electron chi connectivity index (χ2n) is 6.00. The second-order valence-corrected chi connectivity index (χ2v) is 6.00. The van der Waals surface area contributed by atoms with Crippen LogP contribution in [-0.2, 0) is 22.6 Å². The number of amides is 1. The summed E-state index contributed by atoms with van der Waals surface area (Å²) in [6, 6.07) is 5.19. The number of nitrogens with one attached hydrogen (secondary N) is 1. The predicted molar refractivity (Wildman–Crippen MR) is 89.1 cm³/mol. The molecule has 156 valence electrons. The molecule has 0 bridgehead atoms. The molecular weight excluding hydrogens is 401 g/mol. The van der Waals surface area contributed by atoms with Crippen molar-refractivity contribution in [2.24, 2.45) is 0 Å². The number of alkyl halides is 3. The number of benzene rings is 1. The number of ether oxygens (including phenoxy) is 3. The molecule has 0 fully saturated rings. The van der Waals surface area contributed by atoms with Crippen LogP contribution in [0.2, 0.25) is 0 Å². The molecule has 1 aliphatic rings. The van der Waals surface area contributed by atoms with Crippen LogP contribution in [0, 0.1) is 10.1 Å². The molecule has 13 heteroatoms. The third-order valence-electron chi connectivity index (χ3n) is 3.81. The Kier molecular flexibility index (Phi) is 5.87. The number of fused-ring (bicyclic) bond motifs is 1. The molecule has 0 saturated carbocycles. The smallest absolute Gasteiger partial charge is 0.443 e. The van der Waals surface area contributed by atoms with Gasteiger partial charge in [0.15, 0.2) is 0 Å². The van der Waals surface area contributed by atoms with Gasteiger partial charge in [0.05, 0.1) is 6.54 Å². The third-order valence-corrected chi connectivity index (χ3v) is 3.81. The first-order chi connectivity index (χ1) is 13.7. The number of halogens is 3. The van der Waals surface area contributed by atoms with Gasteiger partial charge in [-0.25, -0.2) is 0 Å². The number of carbonyl (C=O) groups is 1. The van der Waals surface area contributed by atoms with E-state index < -0.39 is 23.3 Å². The Labute approximate surface area is 161 Å². The zero-order chi connectivity index (χ0) is 21.0. The molecule has 2 heterocycles. The zero-order valence-electron chi connectivity index (χ0n) is 14.7. The standard InChI is InChI=1S/C16H15F3N4O6/c17-16(18,19)29-11-3-1-10(2-4-11)5-20-14(24)9-27-12-6-22-7-13(23(25)26)21-15(22)28-8-12/h1-4,7,12H,5-6,8-9H2,(H,20,24)/t12-/m0/s1. The highest BCUT2D eigenvalue weighted by Crippen LogP contribution is 2.23. The van der Waals surface area contributed by atoms with Gasteiger partial charge in [0.1, 0.15) is 31.3 Å². The SMILES string of the molecule is O=C(CO[C@@H]1COc2nc([N+](=O)[O-])cn2C1)NCc1ccc(OC(F)(F)F)cc1. The van der Waals surface area contributed by atoms with Gasteiger partial charge in [0.2, 0.25) is 5.91 Å². The van der Waals surface area contributed by atoms with Gasteiger partial charge in [0.25, 0.3) is 0 Å². The highest BCUT2D eigenvalue weighted by Gasteiger charge is 2.31. The maximum Gasteiger partial charge on any atom is 0.573 e. The van der Waals surface area contributed by atoms with E-state index in [4.69, 9.17) is 9.47 Å². The van der Waals surface area contributed by atoms with Crippen LogP contribution in [0.15, 0.2) is 30.5 Å². The summed E-state index contributed by atoms with van der Waals surface area (Å²) in [5.74, 6) is -1.14. The van der Waals surface area contributed by atoms with Crippen LogP contribution in [0.3, 0.4) is 0 Å². The minimum absolute atomic E-state index is 0.0854. The van der Waals surface area contributed by atoms with Crippen LogP contribution in [-0.4, -0.2) is 46.1 Å². The lowest BCUT2D eigenvalue weighted by atomic mass is 10.2. The van der Waals surface area contributed by atoms with Gasteiger partial charge in [-0.05, 0) is 22.6 Å². The fourth-order valence-electron chi connectivity index (χ4n) is 2.51. The molecule has 0 radical (unpaired) electrons. The van der Waals surface area contributed by atoms with Crippen LogP contribution in [0.5, 0.6) is 11.8 Å². The van der Waals surface area contributed by atoms with E-state index in [-0.39, 0.29) is 43.9 Å². The van der Waals surface area contributed by atoms with E-state index >= 15 is 0 Å². The first-order valence-corrected chi connectivity index (χ1v) is 8.27. The summed E-state index contributed by atoms with van der Waals surface area (Å²) in [7, 11) is 0. The third kappa shape index (κ3) is 5.81. The van der Waals surface area contributed by atoms with Crippen molar-refractivity contribution >= 4 is 11.7 Å². The average molecular weight is 416 g/mol. The van der Waals surface area contributed by atoms with Gasteiger partial charge >= 0.3 is 18.2 Å². The molecule has 0 unspecified atom stereocenters. The molecule has 2 aromatic rings. The van der Waals surface area contributed by atoms with Gasteiger partial charge < -0.3 is 29.6 Å². The van der Waals surface area contributed by atoms with Gasteiger partial charge in [-0.3, -0.25) is 9.36 Å². The zero-order valence-corrected chi connectivity index (χ0v) is 14.7. The van der Waals surface area contributed by atoms with Gasteiger partial charge in [0, 0.05) is 11.5 Å². The number of nitro groups is 1. The van der Waals surface area contributed by atoms with Crippen LogP contribution in [0.25, 0.3) is 0 Å². The lowest BCUT2D eigenvalue weighted by molar-refractivity contribution is -0.389. The first kappa shape index (κ1) is 20.4. The fourth-order valence-corrected chi connectivity index (χ4v) is 2.51. The molecule has 0 aliphatic carbocycles. The van der Waals surface area contributed by atoms with Crippen LogP contribution >= 0.6 is 0 Å². The van der Waals surface area contributed by atoms with E-state index in [1.54, 1.807) is 0 Å². The highest BCUT2D eigenvalue weighted by molar-refractivity contribution is 5.77. The Bertz CT molecular complexity index is 884. The molecule has 1 aliphatic heterocycles. The normalized spacial score (nSPS) is 15.9. The quantitative estimate of drug-likeness (QED) is 0.540. The largest absolute Gasteiger partial charge is 0.573 e. The summed E-state index contributed by atoms with van der Waals surface area (Å²) in [6.07, 6.45) is -4.05. The maximum atomic E-state index is 12.1. The molecule has 1 amide bonds. The summed E-state index contributed by atoms with van der Waals surface area (Å²) < 4.78 is 52.2. The minimum atomic E-state index is -4.77. The van der Waals surface area contributed by atoms with Crippen molar-refractivity contribution in [1.29, 1.82) is 0 Å². The molecule has 0 saturated heterocycles. The van der Waals surface area contributed by atoms with Gasteiger partial charge in [-0.2, -0.15) is 0 Å². The molecule has 0 spiro atoms. The number of hydrogen-bond acceptors (Lipinski definition) is 7. The fraction of sp³-hybridized carbons (Fsp3) is 0.375. The van der Waals surface area contributed by atoms with Crippen molar-refractivity contribution in [3.63, 3.8) is 0 Å². The molecular formula is C16H15F3N4O6. The Morgan fingerprint density at radius 3 is 2.76 bits per heavy atom. The number of hydrogen-bond donors (Lipinski definition) is 1. The first-order valence-electron chi connectivity index (χ1n) is 8.27. The molecule has 1 aromatic carbocycles. The Balaban J connectivity index is 1.41. The van der Waals surface area contributed by atoms with Gasteiger partial charge in [-0.1, -0.05) is 12.1 Å². The van der Waals surface area contributed by atoms with E-state index in [1.165, 1.54) is 22.9 Å². The van der Waals surface area contributed by atoms with E-state index in [9.17, 15) is 28.1 Å². The summed E-state index contributed by atoms with van der Waals surface area (Å²) in [4.78, 5) is 25.7. The lowest BCUT2D eigenvalue weighted by Gasteiger charge is -2.22. The van der Waals surface area contributed by atoms with E-state index in [0.29, 0.717) is 5.56 Å². The van der Waals surface area contributed by atoms with E-state index in [2.05, 4.69) is 15.0 Å². The molecule has 1 atom stereocenters. The maximum absolute atomic E-state index is 12.1. The summed E-state index contributed by atoms with van der Waals surface area (Å²) in [5, 5.41) is 13.3. The lowest BCUT2D eigenvalue weighted by Crippen LogP contribution is -2.36. The summed E-state index contributed by atoms with van der Waals surface area (Å²) in [6.45, 7) is 0.134. The number of nitrogens with zero attached hydrogens (tertiary/aromatic N) is 3. The summed E-state index contributed by atoms with van der Waals surface area (Å²) >= 11 is 0. The van der Waals surface area contributed by atoms with Crippen LogP contribution in [0.1, 0.15) is 5.56 Å². The van der Waals surface area contributed by atoms with Crippen LogP contribution < -0.4 is 14.8 Å². The molecule has 29 heavy (non-hydrogen) atoms. The molecule has 1 N–H and O–H groups in total. The van der Waals surface area contributed by atoms with Crippen molar-refractivity contribution in [2.45, 2.75) is 25.6 Å². The Morgan fingerprint density at radius 2 is 2.10 bits per heavy atom. The number of carbonyl (C=O) groups excluding carboxylic acids is 1. The van der Waals surface area contributed by atoms with Crippen molar-refractivity contribution in [3.8, 4) is 11.8 Å². The second kappa shape index (κ2) is 8.34. The van der Waals surface area contributed by atoms with Crippen LogP contribution in [0.4, 0.5) is 19.0 Å². The van der Waals surface area contributed by atoms with Crippen molar-refractivity contribution in [1.82, 2.24) is 14.9 Å². The topological polar surface area (TPSA) is 118 Å². The van der Waals surface area contributed by atoms with Crippen molar-refractivity contribution < 1.29 is 37.1 Å². The predicted octanol–water partition coefficient (Wildman–Crippen LogP) is 1.78.